The fourth-order valence-electron chi connectivity index (χ4n) is 3.25. The van der Waals surface area contributed by atoms with Crippen LogP contribution in [0.25, 0.3) is 0 Å². The lowest BCUT2D eigenvalue weighted by Gasteiger charge is -2.36. The van der Waals surface area contributed by atoms with Gasteiger partial charge in [0, 0.05) is 51.5 Å². The number of benzene rings is 1. The van der Waals surface area contributed by atoms with Gasteiger partial charge in [0.25, 0.3) is 0 Å². The van der Waals surface area contributed by atoms with Crippen LogP contribution in [0.15, 0.2) is 29.3 Å². The maximum Gasteiger partial charge on any atom is 0.191 e. The third-order valence-electron chi connectivity index (χ3n) is 5.15. The van der Waals surface area contributed by atoms with E-state index in [9.17, 15) is 0 Å². The predicted octanol–water partition coefficient (Wildman–Crippen LogP) is 2.86. The first-order valence-corrected chi connectivity index (χ1v) is 10.1. The van der Waals surface area contributed by atoms with Crippen molar-refractivity contribution in [3.05, 3.63) is 29.8 Å². The third-order valence-corrected chi connectivity index (χ3v) is 5.15. The topological polar surface area (TPSA) is 42.9 Å². The third kappa shape index (κ3) is 6.87. The predicted molar refractivity (Wildman–Crippen MR) is 113 cm³/mol. The number of nitrogens with zero attached hydrogens (tertiary/aromatic N) is 3. The molecule has 2 N–H and O–H groups in total. The van der Waals surface area contributed by atoms with Crippen LogP contribution in [-0.2, 0) is 0 Å². The summed E-state index contributed by atoms with van der Waals surface area (Å²) < 4.78 is 0. The van der Waals surface area contributed by atoms with Crippen LogP contribution < -0.4 is 15.5 Å². The van der Waals surface area contributed by atoms with Gasteiger partial charge in [-0.1, -0.05) is 19.1 Å². The van der Waals surface area contributed by atoms with E-state index in [-0.39, 0.29) is 0 Å². The van der Waals surface area contributed by atoms with E-state index in [0.717, 1.165) is 32.0 Å². The SMILES string of the molecule is CCC(C)NC(=NC)NCCCCN1CCN(c2cccc(C)c2)CC1. The summed E-state index contributed by atoms with van der Waals surface area (Å²) in [6.07, 6.45) is 3.52. The zero-order valence-corrected chi connectivity index (χ0v) is 17.1. The Morgan fingerprint density at radius 3 is 2.62 bits per heavy atom. The summed E-state index contributed by atoms with van der Waals surface area (Å²) in [4.78, 5) is 9.39. The van der Waals surface area contributed by atoms with Gasteiger partial charge in [0.1, 0.15) is 0 Å². The number of hydrogen-bond donors (Lipinski definition) is 2. The van der Waals surface area contributed by atoms with E-state index in [0.29, 0.717) is 6.04 Å². The second kappa shape index (κ2) is 11.1. The smallest absolute Gasteiger partial charge is 0.191 e. The van der Waals surface area contributed by atoms with Crippen molar-refractivity contribution in [2.24, 2.45) is 4.99 Å². The first-order chi connectivity index (χ1) is 12.6. The normalized spacial score (nSPS) is 17.2. The lowest BCUT2D eigenvalue weighted by atomic mass is 10.2. The van der Waals surface area contributed by atoms with Gasteiger partial charge >= 0.3 is 0 Å². The van der Waals surface area contributed by atoms with Crippen LogP contribution in [0.4, 0.5) is 5.69 Å². The summed E-state index contributed by atoms with van der Waals surface area (Å²) in [6, 6.07) is 9.32. The summed E-state index contributed by atoms with van der Waals surface area (Å²) >= 11 is 0. The zero-order chi connectivity index (χ0) is 18.8. The average Bonchev–Trinajstić information content (AvgIpc) is 2.67. The molecule has 0 amide bonds. The van der Waals surface area contributed by atoms with Crippen molar-refractivity contribution >= 4 is 11.6 Å². The van der Waals surface area contributed by atoms with E-state index in [1.165, 1.54) is 43.7 Å². The maximum atomic E-state index is 4.29. The summed E-state index contributed by atoms with van der Waals surface area (Å²) in [5.74, 6) is 0.922. The minimum Gasteiger partial charge on any atom is -0.369 e. The summed E-state index contributed by atoms with van der Waals surface area (Å²) in [7, 11) is 1.84. The molecule has 0 bridgehead atoms. The van der Waals surface area contributed by atoms with Crippen LogP contribution in [0, 0.1) is 6.92 Å². The van der Waals surface area contributed by atoms with Crippen LogP contribution in [0.1, 0.15) is 38.7 Å². The molecule has 0 spiro atoms. The second-order valence-corrected chi connectivity index (χ2v) is 7.33. The Kier molecular flexibility index (Phi) is 8.75. The molecule has 0 aliphatic carbocycles. The number of nitrogens with one attached hydrogen (secondary N) is 2. The molecule has 146 valence electrons. The van der Waals surface area contributed by atoms with Gasteiger partial charge in [0.15, 0.2) is 5.96 Å². The number of hydrogen-bond acceptors (Lipinski definition) is 3. The fourth-order valence-corrected chi connectivity index (χ4v) is 3.25. The van der Waals surface area contributed by atoms with Crippen molar-refractivity contribution in [3.8, 4) is 0 Å². The molecule has 1 unspecified atom stereocenters. The summed E-state index contributed by atoms with van der Waals surface area (Å²) in [6.45, 7) is 13.3. The van der Waals surface area contributed by atoms with E-state index in [4.69, 9.17) is 0 Å². The van der Waals surface area contributed by atoms with Crippen molar-refractivity contribution in [1.82, 2.24) is 15.5 Å². The van der Waals surface area contributed by atoms with Crippen LogP contribution >= 0.6 is 0 Å². The molecule has 0 saturated carbocycles. The number of rotatable bonds is 8. The number of unbranched alkanes of at least 4 members (excludes halogenated alkanes) is 1. The van der Waals surface area contributed by atoms with Crippen LogP contribution in [0.2, 0.25) is 0 Å². The molecule has 26 heavy (non-hydrogen) atoms. The number of guanidine groups is 1. The quantitative estimate of drug-likeness (QED) is 0.425. The van der Waals surface area contributed by atoms with Gasteiger partial charge < -0.3 is 15.5 Å². The minimum atomic E-state index is 0.464. The highest BCUT2D eigenvalue weighted by molar-refractivity contribution is 5.79. The fraction of sp³-hybridized carbons (Fsp3) is 0.667. The van der Waals surface area contributed by atoms with Gasteiger partial charge in [-0.15, -0.1) is 0 Å². The molecule has 0 radical (unpaired) electrons. The van der Waals surface area contributed by atoms with E-state index in [1.54, 1.807) is 0 Å². The van der Waals surface area contributed by atoms with Gasteiger partial charge in [-0.2, -0.15) is 0 Å². The average molecular weight is 360 g/mol. The molecule has 1 heterocycles. The van der Waals surface area contributed by atoms with Gasteiger partial charge in [-0.25, -0.2) is 0 Å². The molecule has 5 heteroatoms. The summed E-state index contributed by atoms with van der Waals surface area (Å²) in [5.41, 5.74) is 2.71. The van der Waals surface area contributed by atoms with Gasteiger partial charge in [-0.3, -0.25) is 9.89 Å². The molecule has 1 aliphatic rings. The highest BCUT2D eigenvalue weighted by Crippen LogP contribution is 2.17. The molecule has 5 nitrogen and oxygen atoms in total. The van der Waals surface area contributed by atoms with Crippen molar-refractivity contribution in [3.63, 3.8) is 0 Å². The number of piperazine rings is 1. The second-order valence-electron chi connectivity index (χ2n) is 7.33. The molecule has 1 fully saturated rings. The summed E-state index contributed by atoms with van der Waals surface area (Å²) in [5, 5.41) is 6.82. The van der Waals surface area contributed by atoms with Crippen molar-refractivity contribution < 1.29 is 0 Å². The molecule has 0 aromatic heterocycles. The number of aliphatic imine (C=N–C) groups is 1. The first-order valence-electron chi connectivity index (χ1n) is 10.1. The highest BCUT2D eigenvalue weighted by atomic mass is 15.3. The molecular weight excluding hydrogens is 322 g/mol. The maximum absolute atomic E-state index is 4.29. The van der Waals surface area contributed by atoms with Crippen molar-refractivity contribution in [1.29, 1.82) is 0 Å². The number of anilines is 1. The van der Waals surface area contributed by atoms with E-state index < -0.39 is 0 Å². The molecular formula is C21H37N5. The molecule has 1 aliphatic heterocycles. The molecule has 1 aromatic carbocycles. The highest BCUT2D eigenvalue weighted by Gasteiger charge is 2.16. The van der Waals surface area contributed by atoms with Gasteiger partial charge in [-0.05, 0) is 57.4 Å². The monoisotopic (exact) mass is 359 g/mol. The molecule has 1 aromatic rings. The Morgan fingerprint density at radius 1 is 1.19 bits per heavy atom. The van der Waals surface area contributed by atoms with E-state index in [2.05, 4.69) is 70.5 Å². The van der Waals surface area contributed by atoms with Crippen LogP contribution in [0.5, 0.6) is 0 Å². The Bertz CT molecular complexity index is 549. The largest absolute Gasteiger partial charge is 0.369 e. The minimum absolute atomic E-state index is 0.464. The van der Waals surface area contributed by atoms with Crippen molar-refractivity contribution in [2.75, 3.05) is 51.2 Å². The first kappa shape index (κ1) is 20.6. The Balaban J connectivity index is 1.59. The van der Waals surface area contributed by atoms with Crippen molar-refractivity contribution in [2.45, 2.75) is 46.1 Å². The number of aryl methyl sites for hydroxylation is 1. The molecule has 2 rings (SSSR count). The molecule has 1 atom stereocenters. The van der Waals surface area contributed by atoms with Gasteiger partial charge in [0.05, 0.1) is 0 Å². The van der Waals surface area contributed by atoms with E-state index >= 15 is 0 Å². The van der Waals surface area contributed by atoms with Gasteiger partial charge in [0.2, 0.25) is 0 Å². The molecule has 1 saturated heterocycles. The lowest BCUT2D eigenvalue weighted by Crippen LogP contribution is -2.46. The Labute approximate surface area is 159 Å². The standard InChI is InChI=1S/C21H37N5/c1-5-19(3)24-21(22-4)23-11-6-7-12-25-13-15-26(16-14-25)20-10-8-9-18(2)17-20/h8-10,17,19H,5-7,11-16H2,1-4H3,(H2,22,23,24). The Morgan fingerprint density at radius 2 is 1.96 bits per heavy atom. The van der Waals surface area contributed by atoms with E-state index in [1.807, 2.05) is 7.05 Å². The Hall–Kier alpha value is -1.75. The van der Waals surface area contributed by atoms with Crippen LogP contribution in [0.3, 0.4) is 0 Å². The lowest BCUT2D eigenvalue weighted by molar-refractivity contribution is 0.253. The van der Waals surface area contributed by atoms with Crippen LogP contribution in [-0.4, -0.2) is 63.2 Å². The zero-order valence-electron chi connectivity index (χ0n) is 17.1.